The topological polar surface area (TPSA) is 94.3 Å². The summed E-state index contributed by atoms with van der Waals surface area (Å²) in [7, 11) is -2.27. The Labute approximate surface area is 158 Å². The number of nitrogens with zero attached hydrogens (tertiary/aromatic N) is 2. The first-order chi connectivity index (χ1) is 12.9. The quantitative estimate of drug-likeness (QED) is 0.670. The van der Waals surface area contributed by atoms with Crippen molar-refractivity contribution in [2.24, 2.45) is 0 Å². The molecule has 1 N–H and O–H groups in total. The molecule has 0 spiro atoms. The molecule has 2 aromatic carbocycles. The van der Waals surface area contributed by atoms with Crippen LogP contribution in [0.4, 0.5) is 0 Å². The molecule has 7 nitrogen and oxygen atoms in total. The smallest absolute Gasteiger partial charge is 0.244 e. The van der Waals surface area contributed by atoms with Gasteiger partial charge in [0, 0.05) is 18.5 Å². The van der Waals surface area contributed by atoms with Crippen LogP contribution in [0.15, 0.2) is 51.9 Å². The first-order valence-electron chi connectivity index (χ1n) is 8.43. The van der Waals surface area contributed by atoms with Crippen LogP contribution in [0.5, 0.6) is 5.75 Å². The molecule has 0 saturated carbocycles. The Morgan fingerprint density at radius 3 is 2.48 bits per heavy atom. The van der Waals surface area contributed by atoms with Crippen LogP contribution in [0.2, 0.25) is 0 Å². The first-order valence-corrected chi connectivity index (χ1v) is 9.91. The number of rotatable bonds is 7. The van der Waals surface area contributed by atoms with Crippen LogP contribution >= 0.6 is 0 Å². The Morgan fingerprint density at radius 1 is 1.07 bits per heavy atom. The number of methoxy groups -OCH3 is 1. The van der Waals surface area contributed by atoms with Gasteiger partial charge in [-0.3, -0.25) is 0 Å². The molecule has 1 aromatic heterocycles. The predicted octanol–water partition coefficient (Wildman–Crippen LogP) is 2.88. The minimum absolute atomic E-state index is 0.107. The third kappa shape index (κ3) is 4.53. The monoisotopic (exact) mass is 387 g/mol. The van der Waals surface area contributed by atoms with Gasteiger partial charge in [-0.05, 0) is 31.5 Å². The first kappa shape index (κ1) is 19.1. The normalized spacial score (nSPS) is 11.5. The number of hydrogen-bond donors (Lipinski definition) is 1. The van der Waals surface area contributed by atoms with Crippen molar-refractivity contribution in [1.82, 2.24) is 14.9 Å². The van der Waals surface area contributed by atoms with Gasteiger partial charge in [-0.1, -0.05) is 41.1 Å². The molecule has 1 heterocycles. The lowest BCUT2D eigenvalue weighted by molar-refractivity contribution is 0.378. The Balaban J connectivity index is 1.66. The Morgan fingerprint density at radius 2 is 1.78 bits per heavy atom. The standard InChI is InChI=1S/C19H21N3O4S/c1-13-4-7-15(8-5-13)19-21-18(26-22-19)10-11-20-27(23,24)17-12-14(2)6-9-16(17)25-3/h4-9,12,20H,10-11H2,1-3H3. The van der Waals surface area contributed by atoms with E-state index in [2.05, 4.69) is 14.9 Å². The number of benzene rings is 2. The summed E-state index contributed by atoms with van der Waals surface area (Å²) in [6, 6.07) is 12.8. The van der Waals surface area contributed by atoms with Gasteiger partial charge in [0.15, 0.2) is 0 Å². The minimum atomic E-state index is -3.71. The molecular weight excluding hydrogens is 366 g/mol. The van der Waals surface area contributed by atoms with E-state index in [0.717, 1.165) is 16.7 Å². The highest BCUT2D eigenvalue weighted by Crippen LogP contribution is 2.24. The second-order valence-corrected chi connectivity index (χ2v) is 7.92. The Kier molecular flexibility index (Phi) is 5.57. The second kappa shape index (κ2) is 7.89. The van der Waals surface area contributed by atoms with Gasteiger partial charge < -0.3 is 9.26 Å². The van der Waals surface area contributed by atoms with Crippen LogP contribution in [-0.4, -0.2) is 32.2 Å². The van der Waals surface area contributed by atoms with Crippen LogP contribution in [-0.2, 0) is 16.4 Å². The van der Waals surface area contributed by atoms with Gasteiger partial charge in [-0.15, -0.1) is 0 Å². The van der Waals surface area contributed by atoms with E-state index < -0.39 is 10.0 Å². The van der Waals surface area contributed by atoms with E-state index in [1.165, 1.54) is 7.11 Å². The molecular formula is C19H21N3O4S. The molecule has 0 atom stereocenters. The lowest BCUT2D eigenvalue weighted by atomic mass is 10.1. The van der Waals surface area contributed by atoms with Crippen molar-refractivity contribution in [3.05, 3.63) is 59.5 Å². The zero-order valence-electron chi connectivity index (χ0n) is 15.4. The van der Waals surface area contributed by atoms with Crippen molar-refractivity contribution in [3.8, 4) is 17.1 Å². The fraction of sp³-hybridized carbons (Fsp3) is 0.263. The minimum Gasteiger partial charge on any atom is -0.495 e. The number of hydrogen-bond acceptors (Lipinski definition) is 6. The summed E-state index contributed by atoms with van der Waals surface area (Å²) in [4.78, 5) is 4.42. The van der Waals surface area contributed by atoms with Crippen LogP contribution in [0, 0.1) is 13.8 Å². The maximum Gasteiger partial charge on any atom is 0.244 e. The summed E-state index contributed by atoms with van der Waals surface area (Å²) in [6.07, 6.45) is 0.284. The van der Waals surface area contributed by atoms with Gasteiger partial charge in [-0.2, -0.15) is 4.98 Å². The van der Waals surface area contributed by atoms with Crippen molar-refractivity contribution >= 4 is 10.0 Å². The van der Waals surface area contributed by atoms with Gasteiger partial charge in [0.1, 0.15) is 10.6 Å². The summed E-state index contributed by atoms with van der Waals surface area (Å²) >= 11 is 0. The van der Waals surface area contributed by atoms with Crippen molar-refractivity contribution in [3.63, 3.8) is 0 Å². The fourth-order valence-corrected chi connectivity index (χ4v) is 3.82. The van der Waals surface area contributed by atoms with Crippen molar-refractivity contribution in [2.75, 3.05) is 13.7 Å². The molecule has 0 radical (unpaired) electrons. The molecule has 8 heteroatoms. The molecule has 0 aliphatic rings. The van der Waals surface area contributed by atoms with Gasteiger partial charge >= 0.3 is 0 Å². The van der Waals surface area contributed by atoms with Gasteiger partial charge in [-0.25, -0.2) is 13.1 Å². The number of ether oxygens (including phenoxy) is 1. The van der Waals surface area contributed by atoms with Gasteiger partial charge in [0.25, 0.3) is 0 Å². The Bertz CT molecular complexity index is 1030. The van der Waals surface area contributed by atoms with Crippen molar-refractivity contribution in [1.29, 1.82) is 0 Å². The van der Waals surface area contributed by atoms with Gasteiger partial charge in [0.05, 0.1) is 7.11 Å². The second-order valence-electron chi connectivity index (χ2n) is 6.18. The van der Waals surface area contributed by atoms with Crippen LogP contribution in [0.3, 0.4) is 0 Å². The molecule has 3 aromatic rings. The van der Waals surface area contributed by atoms with E-state index in [0.29, 0.717) is 17.5 Å². The van der Waals surface area contributed by atoms with Gasteiger partial charge in [0.2, 0.25) is 21.7 Å². The molecule has 0 saturated heterocycles. The number of aromatic nitrogens is 2. The largest absolute Gasteiger partial charge is 0.495 e. The van der Waals surface area contributed by atoms with E-state index in [1.807, 2.05) is 38.1 Å². The third-order valence-electron chi connectivity index (χ3n) is 4.02. The van der Waals surface area contributed by atoms with E-state index in [4.69, 9.17) is 9.26 Å². The highest BCUT2D eigenvalue weighted by molar-refractivity contribution is 7.89. The van der Waals surface area contributed by atoms with E-state index >= 15 is 0 Å². The van der Waals surface area contributed by atoms with E-state index in [-0.39, 0.29) is 17.9 Å². The fourth-order valence-electron chi connectivity index (χ4n) is 2.54. The highest BCUT2D eigenvalue weighted by atomic mass is 32.2. The van der Waals surface area contributed by atoms with E-state index in [1.54, 1.807) is 18.2 Å². The van der Waals surface area contributed by atoms with Crippen LogP contribution < -0.4 is 9.46 Å². The molecule has 0 unspecified atom stereocenters. The van der Waals surface area contributed by atoms with Crippen molar-refractivity contribution in [2.45, 2.75) is 25.2 Å². The molecule has 0 aliphatic carbocycles. The lowest BCUT2D eigenvalue weighted by Crippen LogP contribution is -2.26. The molecule has 3 rings (SSSR count). The number of nitrogens with one attached hydrogen (secondary N) is 1. The average Bonchev–Trinajstić information content (AvgIpc) is 3.11. The maximum atomic E-state index is 12.6. The predicted molar refractivity (Wildman–Crippen MR) is 101 cm³/mol. The zero-order valence-corrected chi connectivity index (χ0v) is 16.2. The molecule has 27 heavy (non-hydrogen) atoms. The number of aryl methyl sites for hydroxylation is 2. The summed E-state index contributed by atoms with van der Waals surface area (Å²) in [6.45, 7) is 3.96. The Hall–Kier alpha value is -2.71. The molecule has 0 aliphatic heterocycles. The maximum absolute atomic E-state index is 12.6. The molecule has 0 bridgehead atoms. The summed E-state index contributed by atoms with van der Waals surface area (Å²) in [5, 5.41) is 3.94. The number of sulfonamides is 1. The molecule has 0 fully saturated rings. The summed E-state index contributed by atoms with van der Waals surface area (Å²) in [5.41, 5.74) is 2.82. The molecule has 142 valence electrons. The SMILES string of the molecule is COc1ccc(C)cc1S(=O)(=O)NCCc1nc(-c2ccc(C)cc2)no1. The highest BCUT2D eigenvalue weighted by Gasteiger charge is 2.19. The van der Waals surface area contributed by atoms with E-state index in [9.17, 15) is 8.42 Å². The zero-order chi connectivity index (χ0) is 19.4. The van der Waals surface area contributed by atoms with Crippen molar-refractivity contribution < 1.29 is 17.7 Å². The summed E-state index contributed by atoms with van der Waals surface area (Å²) in [5.74, 6) is 1.14. The average molecular weight is 387 g/mol. The van der Waals surface area contributed by atoms with Crippen LogP contribution in [0.25, 0.3) is 11.4 Å². The lowest BCUT2D eigenvalue weighted by Gasteiger charge is -2.10. The third-order valence-corrected chi connectivity index (χ3v) is 5.50. The van der Waals surface area contributed by atoms with Crippen LogP contribution in [0.1, 0.15) is 17.0 Å². The molecule has 0 amide bonds. The summed E-state index contributed by atoms with van der Waals surface area (Å²) < 4.78 is 38.0.